The van der Waals surface area contributed by atoms with E-state index in [4.69, 9.17) is 9.88 Å². The largest absolute Gasteiger partial charge is 0.493 e. The Labute approximate surface area is 124 Å². The van der Waals surface area contributed by atoms with Crippen molar-refractivity contribution < 1.29 is 18.1 Å². The first-order valence-electron chi connectivity index (χ1n) is 6.49. The van der Waals surface area contributed by atoms with Gasteiger partial charge in [-0.2, -0.15) is 0 Å². The molecule has 0 saturated heterocycles. The van der Waals surface area contributed by atoms with E-state index >= 15 is 0 Å². The van der Waals surface area contributed by atoms with Crippen LogP contribution in [0.2, 0.25) is 0 Å². The number of ether oxygens (including phenoxy) is 1. The number of nitrogens with zero attached hydrogens (tertiary/aromatic N) is 1. The Bertz CT molecular complexity index is 613. The molecule has 0 heterocycles. The first-order valence-corrected chi connectivity index (χ1v) is 8.20. The Hall–Kier alpha value is -1.67. The molecule has 1 rings (SSSR count). The molecule has 0 bridgehead atoms. The molecule has 0 spiro atoms. The van der Waals surface area contributed by atoms with Crippen LogP contribution in [0.25, 0.3) is 0 Å². The molecule has 0 aliphatic rings. The molecule has 2 N–H and O–H groups in total. The highest BCUT2D eigenvalue weighted by atomic mass is 32.2. The molecule has 1 unspecified atom stereocenters. The van der Waals surface area contributed by atoms with Crippen LogP contribution >= 0.6 is 0 Å². The molecule has 1 aromatic carbocycles. The second-order valence-corrected chi connectivity index (χ2v) is 6.96. The van der Waals surface area contributed by atoms with Gasteiger partial charge < -0.3 is 4.74 Å². The van der Waals surface area contributed by atoms with Gasteiger partial charge in [0.1, 0.15) is 5.75 Å². The van der Waals surface area contributed by atoms with Crippen molar-refractivity contribution in [1.82, 2.24) is 0 Å². The van der Waals surface area contributed by atoms with Crippen molar-refractivity contribution in [3.05, 3.63) is 33.9 Å². The van der Waals surface area contributed by atoms with Crippen LogP contribution in [-0.4, -0.2) is 25.7 Å². The van der Waals surface area contributed by atoms with E-state index in [1.54, 1.807) is 13.0 Å². The number of benzene rings is 1. The van der Waals surface area contributed by atoms with Crippen LogP contribution < -0.4 is 9.88 Å². The Balaban J connectivity index is 2.86. The summed E-state index contributed by atoms with van der Waals surface area (Å²) in [5, 5.41) is 15.9. The van der Waals surface area contributed by atoms with E-state index in [1.165, 1.54) is 12.1 Å². The lowest BCUT2D eigenvalue weighted by Gasteiger charge is -2.20. The normalized spacial score (nSPS) is 13.2. The van der Waals surface area contributed by atoms with Crippen molar-refractivity contribution >= 4 is 15.7 Å². The average Bonchev–Trinajstić information content (AvgIpc) is 2.33. The van der Waals surface area contributed by atoms with Gasteiger partial charge in [-0.25, -0.2) is 13.6 Å². The highest BCUT2D eigenvalue weighted by molar-refractivity contribution is 7.89. The Morgan fingerprint density at radius 1 is 1.38 bits per heavy atom. The summed E-state index contributed by atoms with van der Waals surface area (Å²) in [5.74, 6) is -0.0243. The zero-order valence-electron chi connectivity index (χ0n) is 12.3. The van der Waals surface area contributed by atoms with Gasteiger partial charge >= 0.3 is 0 Å². The number of nitrogens with two attached hydrogens (primary N) is 1. The number of primary sulfonamides is 1. The summed E-state index contributed by atoms with van der Waals surface area (Å²) < 4.78 is 28.0. The van der Waals surface area contributed by atoms with E-state index in [1.807, 2.05) is 13.8 Å². The summed E-state index contributed by atoms with van der Waals surface area (Å²) in [4.78, 5) is 10.4. The third-order valence-corrected chi connectivity index (χ3v) is 4.19. The summed E-state index contributed by atoms with van der Waals surface area (Å²) in [6.07, 6.45) is 0. The molecular weight excluding hydrogens is 296 g/mol. The fourth-order valence-corrected chi connectivity index (χ4v) is 2.96. The molecule has 118 valence electrons. The van der Waals surface area contributed by atoms with E-state index in [2.05, 4.69) is 0 Å². The van der Waals surface area contributed by atoms with Crippen LogP contribution in [0.3, 0.4) is 0 Å². The average molecular weight is 316 g/mol. The van der Waals surface area contributed by atoms with E-state index in [-0.39, 0.29) is 29.9 Å². The van der Waals surface area contributed by atoms with Gasteiger partial charge in [0.15, 0.2) is 0 Å². The molecule has 0 radical (unpaired) electrons. The van der Waals surface area contributed by atoms with E-state index < -0.39 is 14.9 Å². The molecule has 7 nitrogen and oxygen atoms in total. The summed E-state index contributed by atoms with van der Waals surface area (Å²) in [5.41, 5.74) is 0.389. The van der Waals surface area contributed by atoms with Gasteiger partial charge in [-0.15, -0.1) is 0 Å². The molecule has 21 heavy (non-hydrogen) atoms. The lowest BCUT2D eigenvalue weighted by Crippen LogP contribution is -2.30. The van der Waals surface area contributed by atoms with Gasteiger partial charge in [0.2, 0.25) is 10.0 Å². The summed E-state index contributed by atoms with van der Waals surface area (Å²) in [6.45, 7) is 5.48. The minimum absolute atomic E-state index is 0.0277. The van der Waals surface area contributed by atoms with E-state index in [9.17, 15) is 18.5 Å². The van der Waals surface area contributed by atoms with Crippen molar-refractivity contribution in [1.29, 1.82) is 0 Å². The molecule has 0 saturated carbocycles. The number of nitro groups is 1. The van der Waals surface area contributed by atoms with Crippen LogP contribution in [0.1, 0.15) is 19.4 Å². The summed E-state index contributed by atoms with van der Waals surface area (Å²) in [7, 11) is -3.59. The van der Waals surface area contributed by atoms with Crippen molar-refractivity contribution in [2.75, 3.05) is 12.4 Å². The van der Waals surface area contributed by atoms with Crippen LogP contribution in [0.5, 0.6) is 5.75 Å². The van der Waals surface area contributed by atoms with Gasteiger partial charge in [0.25, 0.3) is 5.69 Å². The third kappa shape index (κ3) is 5.31. The number of hydrogen-bond donors (Lipinski definition) is 1. The molecule has 1 aromatic rings. The van der Waals surface area contributed by atoms with E-state index in [0.717, 1.165) is 0 Å². The number of hydrogen-bond acceptors (Lipinski definition) is 5. The molecular formula is C13H20N2O5S. The monoisotopic (exact) mass is 316 g/mol. The first kappa shape index (κ1) is 17.4. The lowest BCUT2D eigenvalue weighted by molar-refractivity contribution is -0.385. The smallest absolute Gasteiger partial charge is 0.276 e. The van der Waals surface area contributed by atoms with Gasteiger partial charge in [0.05, 0.1) is 22.8 Å². The minimum Gasteiger partial charge on any atom is -0.493 e. The predicted molar refractivity (Wildman–Crippen MR) is 79.6 cm³/mol. The van der Waals surface area contributed by atoms with Crippen molar-refractivity contribution in [2.24, 2.45) is 17.0 Å². The van der Waals surface area contributed by atoms with Gasteiger partial charge in [-0.05, 0) is 18.9 Å². The lowest BCUT2D eigenvalue weighted by atomic mass is 9.99. The predicted octanol–water partition coefficient (Wildman–Crippen LogP) is 1.84. The van der Waals surface area contributed by atoms with Crippen molar-refractivity contribution in [3.63, 3.8) is 0 Å². The quantitative estimate of drug-likeness (QED) is 0.609. The van der Waals surface area contributed by atoms with Crippen molar-refractivity contribution in [2.45, 2.75) is 20.8 Å². The summed E-state index contributed by atoms with van der Waals surface area (Å²) >= 11 is 0. The van der Waals surface area contributed by atoms with Crippen LogP contribution in [0, 0.1) is 28.9 Å². The van der Waals surface area contributed by atoms with Gasteiger partial charge in [0, 0.05) is 12.0 Å². The number of sulfonamides is 1. The van der Waals surface area contributed by atoms with Crippen LogP contribution in [0.15, 0.2) is 18.2 Å². The standard InChI is InChI=1S/C13H20N2O5S/c1-9(2)11(8-21(14,18)19)7-20-13-6-4-5-12(10(13)3)15(16)17/h4-6,9,11H,7-8H2,1-3H3,(H2,14,18,19). The fraction of sp³-hybridized carbons (Fsp3) is 0.538. The van der Waals surface area contributed by atoms with Crippen LogP contribution in [-0.2, 0) is 10.0 Å². The highest BCUT2D eigenvalue weighted by Crippen LogP contribution is 2.28. The fourth-order valence-electron chi connectivity index (χ4n) is 1.89. The first-order chi connectivity index (χ1) is 9.61. The third-order valence-electron chi connectivity index (χ3n) is 3.29. The molecule has 0 aliphatic carbocycles. The summed E-state index contributed by atoms with van der Waals surface area (Å²) in [6, 6.07) is 4.55. The topological polar surface area (TPSA) is 113 Å². The molecule has 0 aromatic heterocycles. The SMILES string of the molecule is Cc1c(OCC(CS(N)(=O)=O)C(C)C)cccc1[N+](=O)[O-]. The highest BCUT2D eigenvalue weighted by Gasteiger charge is 2.21. The zero-order chi connectivity index (χ0) is 16.2. The number of nitro benzene ring substituents is 1. The van der Waals surface area contributed by atoms with Crippen molar-refractivity contribution in [3.8, 4) is 5.75 Å². The Kier molecular flexibility index (Phi) is 5.68. The Morgan fingerprint density at radius 2 is 2.00 bits per heavy atom. The maximum atomic E-state index is 11.2. The van der Waals surface area contributed by atoms with Gasteiger partial charge in [-0.3, -0.25) is 10.1 Å². The maximum Gasteiger partial charge on any atom is 0.276 e. The van der Waals surface area contributed by atoms with Crippen LogP contribution in [0.4, 0.5) is 5.69 Å². The zero-order valence-corrected chi connectivity index (χ0v) is 13.1. The molecule has 0 amide bonds. The van der Waals surface area contributed by atoms with Gasteiger partial charge in [-0.1, -0.05) is 19.9 Å². The van der Waals surface area contributed by atoms with E-state index in [0.29, 0.717) is 11.3 Å². The maximum absolute atomic E-state index is 11.2. The minimum atomic E-state index is -3.59. The Morgan fingerprint density at radius 3 is 2.48 bits per heavy atom. The second-order valence-electron chi connectivity index (χ2n) is 5.30. The second kappa shape index (κ2) is 6.86. The molecule has 8 heteroatoms. The molecule has 0 fully saturated rings. The molecule has 0 aliphatic heterocycles. The molecule has 1 atom stereocenters. The number of rotatable bonds is 7.